The van der Waals surface area contributed by atoms with Crippen LogP contribution in [-0.4, -0.2) is 17.0 Å². The van der Waals surface area contributed by atoms with Crippen LogP contribution in [0.2, 0.25) is 0 Å². The van der Waals surface area contributed by atoms with Crippen molar-refractivity contribution in [2.75, 3.05) is 4.90 Å². The Morgan fingerprint density at radius 1 is 1.03 bits per heavy atom. The first-order valence-corrected chi connectivity index (χ1v) is 9.59. The van der Waals surface area contributed by atoms with Crippen molar-refractivity contribution in [3.63, 3.8) is 0 Å². The summed E-state index contributed by atoms with van der Waals surface area (Å²) in [5, 5.41) is 14.4. The largest absolute Gasteiger partial charge is 0.346 e. The Hall–Kier alpha value is -3.67. The van der Waals surface area contributed by atoms with Gasteiger partial charge in [0.1, 0.15) is 6.17 Å². The van der Waals surface area contributed by atoms with Gasteiger partial charge in [-0.1, -0.05) is 48.5 Å². The van der Waals surface area contributed by atoms with Crippen LogP contribution in [0.25, 0.3) is 0 Å². The zero-order valence-electron chi connectivity index (χ0n) is 15.6. The average Bonchev–Trinajstić information content (AvgIpc) is 2.75. The molecule has 6 heteroatoms. The number of carbonyl (C=O) groups excluding carboxylic acids is 1. The number of amides is 1. The first-order chi connectivity index (χ1) is 14.1. The molecular formula is C23H19N3O3. The van der Waals surface area contributed by atoms with Crippen molar-refractivity contribution in [2.24, 2.45) is 0 Å². The van der Waals surface area contributed by atoms with Gasteiger partial charge in [-0.25, -0.2) is 0 Å². The van der Waals surface area contributed by atoms with Crippen LogP contribution in [0.1, 0.15) is 33.0 Å². The molecule has 2 aliphatic heterocycles. The Labute approximate surface area is 167 Å². The van der Waals surface area contributed by atoms with Gasteiger partial charge in [0.2, 0.25) is 0 Å². The van der Waals surface area contributed by atoms with E-state index in [9.17, 15) is 14.9 Å². The first kappa shape index (κ1) is 17.4. The minimum atomic E-state index is -0.372. The molecule has 0 bridgehead atoms. The molecule has 144 valence electrons. The number of rotatable bonds is 3. The third-order valence-corrected chi connectivity index (χ3v) is 5.83. The number of nitro benzene ring substituents is 1. The molecular weight excluding hydrogens is 366 g/mol. The van der Waals surface area contributed by atoms with Crippen LogP contribution >= 0.6 is 0 Å². The number of nitro groups is 1. The maximum atomic E-state index is 12.8. The van der Waals surface area contributed by atoms with Crippen LogP contribution in [0.15, 0.2) is 72.8 Å². The van der Waals surface area contributed by atoms with Gasteiger partial charge in [0, 0.05) is 24.6 Å². The van der Waals surface area contributed by atoms with Crippen LogP contribution in [0, 0.1) is 10.1 Å². The monoisotopic (exact) mass is 385 g/mol. The molecule has 3 aromatic rings. The first-order valence-electron chi connectivity index (χ1n) is 9.59. The Balaban J connectivity index is 1.59. The van der Waals surface area contributed by atoms with Crippen molar-refractivity contribution in [3.05, 3.63) is 105 Å². The van der Waals surface area contributed by atoms with Crippen molar-refractivity contribution in [3.8, 4) is 0 Å². The molecule has 29 heavy (non-hydrogen) atoms. The SMILES string of the molecule is O=C1NC2C(Cc3cccc([N+](=O)[O-])c3)c3ccccc3CN2c2ccccc21. The van der Waals surface area contributed by atoms with E-state index < -0.39 is 0 Å². The predicted molar refractivity (Wildman–Crippen MR) is 110 cm³/mol. The highest BCUT2D eigenvalue weighted by molar-refractivity contribution is 6.02. The van der Waals surface area contributed by atoms with Crippen molar-refractivity contribution in [2.45, 2.75) is 25.0 Å². The lowest BCUT2D eigenvalue weighted by Gasteiger charge is -2.47. The molecule has 1 N–H and O–H groups in total. The quantitative estimate of drug-likeness (QED) is 0.546. The minimum Gasteiger partial charge on any atom is -0.346 e. The number of non-ortho nitro benzene ring substituents is 1. The summed E-state index contributed by atoms with van der Waals surface area (Å²) in [6, 6.07) is 22.7. The van der Waals surface area contributed by atoms with E-state index in [2.05, 4.69) is 22.3 Å². The number of hydrogen-bond acceptors (Lipinski definition) is 4. The van der Waals surface area contributed by atoms with E-state index >= 15 is 0 Å². The van der Waals surface area contributed by atoms with E-state index in [0.717, 1.165) is 11.3 Å². The highest BCUT2D eigenvalue weighted by atomic mass is 16.6. The van der Waals surface area contributed by atoms with Gasteiger partial charge in [0.15, 0.2) is 0 Å². The van der Waals surface area contributed by atoms with Crippen molar-refractivity contribution in [1.29, 1.82) is 0 Å². The van der Waals surface area contributed by atoms with Crippen LogP contribution in [0.4, 0.5) is 11.4 Å². The molecule has 5 rings (SSSR count). The van der Waals surface area contributed by atoms with Crippen molar-refractivity contribution >= 4 is 17.3 Å². The lowest BCUT2D eigenvalue weighted by molar-refractivity contribution is -0.384. The maximum absolute atomic E-state index is 12.8. The number of hydrogen-bond donors (Lipinski definition) is 1. The smallest absolute Gasteiger partial charge is 0.269 e. The van der Waals surface area contributed by atoms with E-state index in [1.165, 1.54) is 17.2 Å². The number of carbonyl (C=O) groups is 1. The Bertz CT molecular complexity index is 1130. The van der Waals surface area contributed by atoms with Crippen molar-refractivity contribution < 1.29 is 9.72 Å². The van der Waals surface area contributed by atoms with E-state index in [1.807, 2.05) is 42.5 Å². The lowest BCUT2D eigenvalue weighted by Crippen LogP contribution is -2.57. The summed E-state index contributed by atoms with van der Waals surface area (Å²) in [5.41, 5.74) is 4.97. The number of nitrogens with zero attached hydrogens (tertiary/aromatic N) is 2. The Kier molecular flexibility index (Phi) is 4.05. The van der Waals surface area contributed by atoms with Gasteiger partial charge in [-0.05, 0) is 35.2 Å². The second kappa shape index (κ2) is 6.74. The maximum Gasteiger partial charge on any atom is 0.269 e. The van der Waals surface area contributed by atoms with Crippen LogP contribution in [0.5, 0.6) is 0 Å². The lowest BCUT2D eigenvalue weighted by atomic mass is 9.81. The number of fused-ring (bicyclic) bond motifs is 4. The summed E-state index contributed by atoms with van der Waals surface area (Å²) in [7, 11) is 0. The topological polar surface area (TPSA) is 75.5 Å². The fourth-order valence-electron chi connectivity index (χ4n) is 4.52. The minimum absolute atomic E-state index is 0.0146. The second-order valence-electron chi connectivity index (χ2n) is 7.50. The number of para-hydroxylation sites is 1. The predicted octanol–water partition coefficient (Wildman–Crippen LogP) is 4.01. The summed E-state index contributed by atoms with van der Waals surface area (Å²) in [4.78, 5) is 25.8. The van der Waals surface area contributed by atoms with E-state index in [1.54, 1.807) is 12.1 Å². The standard InChI is InChI=1S/C23H19N3O3/c27-23-19-10-3-4-11-21(19)25-14-16-7-1-2-9-18(16)20(22(25)24-23)13-15-6-5-8-17(12-15)26(28)29/h1-12,20,22H,13-14H2,(H,24,27). The zero-order chi connectivity index (χ0) is 20.0. The number of benzene rings is 3. The molecule has 0 aromatic heterocycles. The van der Waals surface area contributed by atoms with E-state index in [0.29, 0.717) is 18.5 Å². The normalized spacial score (nSPS) is 19.6. The molecule has 1 amide bonds. The third kappa shape index (κ3) is 2.93. The molecule has 0 saturated carbocycles. The van der Waals surface area contributed by atoms with Gasteiger partial charge >= 0.3 is 0 Å². The van der Waals surface area contributed by atoms with Gasteiger partial charge in [0.25, 0.3) is 11.6 Å². The summed E-state index contributed by atoms with van der Waals surface area (Å²) >= 11 is 0. The second-order valence-corrected chi connectivity index (χ2v) is 7.50. The summed E-state index contributed by atoms with van der Waals surface area (Å²) in [6.45, 7) is 0.712. The van der Waals surface area contributed by atoms with Gasteiger partial charge in [-0.15, -0.1) is 0 Å². The molecule has 0 saturated heterocycles. The molecule has 3 aromatic carbocycles. The highest BCUT2D eigenvalue weighted by Crippen LogP contribution is 2.40. The highest BCUT2D eigenvalue weighted by Gasteiger charge is 2.40. The Morgan fingerprint density at radius 2 is 1.83 bits per heavy atom. The van der Waals surface area contributed by atoms with Gasteiger partial charge in [0.05, 0.1) is 16.2 Å². The molecule has 0 radical (unpaired) electrons. The average molecular weight is 385 g/mol. The molecule has 0 aliphatic carbocycles. The van der Waals surface area contributed by atoms with Crippen LogP contribution in [0.3, 0.4) is 0 Å². The third-order valence-electron chi connectivity index (χ3n) is 5.83. The molecule has 0 spiro atoms. The molecule has 0 fully saturated rings. The zero-order valence-corrected chi connectivity index (χ0v) is 15.6. The summed E-state index contributed by atoms with van der Waals surface area (Å²) in [5.74, 6) is -0.0930. The molecule has 2 heterocycles. The van der Waals surface area contributed by atoms with Crippen LogP contribution < -0.4 is 10.2 Å². The van der Waals surface area contributed by atoms with E-state index in [-0.39, 0.29) is 28.6 Å². The van der Waals surface area contributed by atoms with Gasteiger partial charge < -0.3 is 10.2 Å². The fraction of sp³-hybridized carbons (Fsp3) is 0.174. The van der Waals surface area contributed by atoms with Crippen LogP contribution in [-0.2, 0) is 13.0 Å². The molecule has 2 aliphatic rings. The summed E-state index contributed by atoms with van der Waals surface area (Å²) in [6.07, 6.45) is 0.397. The molecule has 2 unspecified atom stereocenters. The fourth-order valence-corrected chi connectivity index (χ4v) is 4.52. The van der Waals surface area contributed by atoms with Crippen molar-refractivity contribution in [1.82, 2.24) is 5.32 Å². The molecule has 6 nitrogen and oxygen atoms in total. The van der Waals surface area contributed by atoms with E-state index in [4.69, 9.17) is 0 Å². The Morgan fingerprint density at radius 3 is 2.69 bits per heavy atom. The number of nitrogens with one attached hydrogen (secondary N) is 1. The number of anilines is 1. The van der Waals surface area contributed by atoms with Gasteiger partial charge in [-0.3, -0.25) is 14.9 Å². The summed E-state index contributed by atoms with van der Waals surface area (Å²) < 4.78 is 0. The molecule has 2 atom stereocenters. The van der Waals surface area contributed by atoms with Gasteiger partial charge in [-0.2, -0.15) is 0 Å².